The van der Waals surface area contributed by atoms with Crippen LogP contribution in [-0.4, -0.2) is 50.1 Å². The summed E-state index contributed by atoms with van der Waals surface area (Å²) in [6.45, 7) is 0.811. The van der Waals surface area contributed by atoms with Crippen molar-refractivity contribution in [3.8, 4) is 5.88 Å². The molecule has 224 valence electrons. The molecule has 3 heterocycles. The van der Waals surface area contributed by atoms with Gasteiger partial charge in [0, 0.05) is 31.1 Å². The highest BCUT2D eigenvalue weighted by molar-refractivity contribution is 7.88. The quantitative estimate of drug-likeness (QED) is 0.403. The molecule has 0 radical (unpaired) electrons. The number of hydrogen-bond acceptors (Lipinski definition) is 8. The number of hydrogen-bond donors (Lipinski definition) is 2. The normalized spacial score (nSPS) is 16.9. The van der Waals surface area contributed by atoms with Gasteiger partial charge in [-0.05, 0) is 53.5 Å². The van der Waals surface area contributed by atoms with Gasteiger partial charge in [0.15, 0.2) is 5.13 Å². The number of halogens is 6. The number of piperidine rings is 1. The van der Waals surface area contributed by atoms with Gasteiger partial charge >= 0.3 is 12.4 Å². The lowest BCUT2D eigenvalue weighted by molar-refractivity contribution is -0.143. The maximum absolute atomic E-state index is 14.0. The van der Waals surface area contributed by atoms with Crippen molar-refractivity contribution in [2.75, 3.05) is 24.2 Å². The molecule has 1 fully saturated rings. The Labute approximate surface area is 239 Å². The molecule has 2 N–H and O–H groups in total. The highest BCUT2D eigenvalue weighted by Gasteiger charge is 2.38. The summed E-state index contributed by atoms with van der Waals surface area (Å²) in [5.74, 6) is -0.444. The predicted octanol–water partition coefficient (Wildman–Crippen LogP) is 3.81. The lowest BCUT2D eigenvalue weighted by Crippen LogP contribution is -2.44. The van der Waals surface area contributed by atoms with Crippen molar-refractivity contribution in [2.45, 2.75) is 37.7 Å². The zero-order chi connectivity index (χ0) is 30.4. The molecule has 0 aliphatic carbocycles. The smallest absolute Gasteiger partial charge is 0.416 e. The molecule has 0 saturated carbocycles. The van der Waals surface area contributed by atoms with E-state index in [1.54, 1.807) is 18.2 Å². The van der Waals surface area contributed by atoms with Gasteiger partial charge in [-0.1, -0.05) is 23.5 Å². The zero-order valence-electron chi connectivity index (χ0n) is 21.8. The van der Waals surface area contributed by atoms with Crippen LogP contribution in [0.2, 0.25) is 0 Å². The zero-order valence-corrected chi connectivity index (χ0v) is 23.4. The lowest BCUT2D eigenvalue weighted by atomic mass is 9.94. The van der Waals surface area contributed by atoms with E-state index in [-0.39, 0.29) is 22.6 Å². The molecule has 16 heteroatoms. The number of thiazole rings is 1. The van der Waals surface area contributed by atoms with Crippen LogP contribution < -0.4 is 20.2 Å². The molecule has 1 aromatic heterocycles. The minimum atomic E-state index is -5.07. The standard InChI is InChI=1S/C26H23F6N5O3S2/c1-42(39,40)36-18-6-8-37(9-7-18)24-34-23(38)22(41-24)19(14-3-5-21-16(10-14)13-33-35-21)11-15-2-4-17(25(27,28)29)12-20(15)26(30,31)32/h2-5,10,12-13,18,36,38H,6-9,11H2,1H3. The predicted molar refractivity (Wildman–Crippen MR) is 144 cm³/mol. The van der Waals surface area contributed by atoms with Gasteiger partial charge in [0.25, 0.3) is 0 Å². The molecule has 2 aliphatic rings. The summed E-state index contributed by atoms with van der Waals surface area (Å²) in [6.07, 6.45) is -7.04. The van der Waals surface area contributed by atoms with Gasteiger partial charge in [-0.25, -0.2) is 13.1 Å². The Morgan fingerprint density at radius 1 is 1.07 bits per heavy atom. The molecular formula is C26H23F6N5O3S2. The Hall–Kier alpha value is -3.50. The first-order valence-corrected chi connectivity index (χ1v) is 15.2. The van der Waals surface area contributed by atoms with Crippen LogP contribution in [0.25, 0.3) is 5.57 Å². The maximum atomic E-state index is 14.0. The van der Waals surface area contributed by atoms with Crippen molar-refractivity contribution in [3.05, 3.63) is 74.1 Å². The van der Waals surface area contributed by atoms with Crippen LogP contribution in [0.15, 0.2) is 46.6 Å². The first-order valence-electron chi connectivity index (χ1n) is 12.5. The molecule has 1 saturated heterocycles. The van der Waals surface area contributed by atoms with Crippen LogP contribution in [-0.2, 0) is 28.8 Å². The molecule has 8 nitrogen and oxygen atoms in total. The van der Waals surface area contributed by atoms with E-state index in [4.69, 9.17) is 0 Å². The summed E-state index contributed by atoms with van der Waals surface area (Å²) in [7, 11) is -3.39. The molecule has 0 atom stereocenters. The molecule has 2 aromatic carbocycles. The van der Waals surface area contributed by atoms with E-state index in [2.05, 4.69) is 19.9 Å². The molecule has 0 amide bonds. The van der Waals surface area contributed by atoms with Crippen molar-refractivity contribution in [1.82, 2.24) is 9.71 Å². The summed E-state index contributed by atoms with van der Waals surface area (Å²) in [6, 6.07) is 6.04. The van der Waals surface area contributed by atoms with Crippen LogP contribution >= 0.6 is 11.3 Å². The van der Waals surface area contributed by atoms with Crippen LogP contribution in [0, 0.1) is 0 Å². The van der Waals surface area contributed by atoms with Crippen molar-refractivity contribution < 1.29 is 39.9 Å². The second-order valence-corrected chi connectivity index (χ2v) is 12.7. The van der Waals surface area contributed by atoms with Gasteiger partial charge in [0.2, 0.25) is 15.9 Å². The number of fused-ring (bicyclic) bond motifs is 1. The Morgan fingerprint density at radius 2 is 1.79 bits per heavy atom. The van der Waals surface area contributed by atoms with Gasteiger partial charge in [-0.3, -0.25) is 0 Å². The fraction of sp³-hybridized carbons (Fsp3) is 0.346. The Balaban J connectivity index is 1.57. The molecule has 3 aromatic rings. The molecular weight excluding hydrogens is 608 g/mol. The van der Waals surface area contributed by atoms with E-state index >= 15 is 0 Å². The second kappa shape index (κ2) is 11.0. The van der Waals surface area contributed by atoms with Crippen LogP contribution in [0.1, 0.15) is 40.0 Å². The SMILES string of the molecule is CS(=O)(=O)NC1CCN(c2nc(O)c(C(Cc3ccc(C(F)(F)F)cc3C(F)(F)F)=c3ccc4c(c3)C=NN=4)s2)CC1. The summed E-state index contributed by atoms with van der Waals surface area (Å²) < 4.78 is 108. The summed E-state index contributed by atoms with van der Waals surface area (Å²) in [5, 5.41) is 20.0. The van der Waals surface area contributed by atoms with Gasteiger partial charge in [0.1, 0.15) is 0 Å². The summed E-state index contributed by atoms with van der Waals surface area (Å²) >= 11 is 1.03. The number of alkyl halides is 6. The minimum Gasteiger partial charge on any atom is -0.492 e. The molecule has 42 heavy (non-hydrogen) atoms. The number of aromatic hydroxyl groups is 1. The van der Waals surface area contributed by atoms with E-state index in [9.17, 15) is 39.9 Å². The number of nitrogens with one attached hydrogen (secondary N) is 1. The number of aromatic nitrogens is 1. The van der Waals surface area contributed by atoms with Crippen LogP contribution in [0.4, 0.5) is 31.5 Å². The van der Waals surface area contributed by atoms with Crippen molar-refractivity contribution in [3.63, 3.8) is 0 Å². The van der Waals surface area contributed by atoms with E-state index in [0.29, 0.717) is 53.3 Å². The molecule has 2 aliphatic heterocycles. The van der Waals surface area contributed by atoms with Crippen molar-refractivity contribution in [2.24, 2.45) is 10.2 Å². The first kappa shape index (κ1) is 30.0. The highest BCUT2D eigenvalue weighted by Crippen LogP contribution is 2.41. The van der Waals surface area contributed by atoms with Crippen molar-refractivity contribution in [1.29, 1.82) is 0 Å². The fourth-order valence-electron chi connectivity index (χ4n) is 4.89. The number of nitrogens with zero attached hydrogens (tertiary/aromatic N) is 4. The third kappa shape index (κ3) is 6.60. The molecule has 0 bridgehead atoms. The fourth-order valence-corrected chi connectivity index (χ4v) is 6.81. The average molecular weight is 632 g/mol. The number of rotatable bonds is 6. The maximum Gasteiger partial charge on any atom is 0.416 e. The minimum absolute atomic E-state index is 0.0911. The van der Waals surface area contributed by atoms with Crippen molar-refractivity contribution >= 4 is 38.3 Å². The number of sulfonamides is 1. The van der Waals surface area contributed by atoms with E-state index in [1.807, 2.05) is 4.90 Å². The summed E-state index contributed by atoms with van der Waals surface area (Å²) in [5.41, 5.74) is -2.47. The largest absolute Gasteiger partial charge is 0.492 e. The number of benzene rings is 2. The van der Waals surface area contributed by atoms with Gasteiger partial charge in [0.05, 0.1) is 33.8 Å². The first-order chi connectivity index (χ1) is 19.6. The molecule has 5 rings (SSSR count). The van der Waals surface area contributed by atoms with E-state index in [1.165, 1.54) is 6.21 Å². The van der Waals surface area contributed by atoms with E-state index < -0.39 is 51.4 Å². The Bertz CT molecular complexity index is 1780. The van der Waals surface area contributed by atoms with Gasteiger partial charge in [-0.15, -0.1) is 0 Å². The average Bonchev–Trinajstić information content (AvgIpc) is 3.51. The second-order valence-electron chi connectivity index (χ2n) is 9.94. The highest BCUT2D eigenvalue weighted by atomic mass is 32.2. The lowest BCUT2D eigenvalue weighted by Gasteiger charge is -2.31. The van der Waals surface area contributed by atoms with Crippen LogP contribution in [0.3, 0.4) is 0 Å². The number of anilines is 1. The molecule has 0 spiro atoms. The van der Waals surface area contributed by atoms with Crippen LogP contribution in [0.5, 0.6) is 5.88 Å². The van der Waals surface area contributed by atoms with Gasteiger partial charge in [-0.2, -0.15) is 41.5 Å². The Morgan fingerprint density at radius 3 is 2.43 bits per heavy atom. The van der Waals surface area contributed by atoms with E-state index in [0.717, 1.165) is 23.7 Å². The van der Waals surface area contributed by atoms with Gasteiger partial charge < -0.3 is 10.0 Å². The monoisotopic (exact) mass is 631 g/mol. The third-order valence-corrected chi connectivity index (χ3v) is 8.79. The topological polar surface area (TPSA) is 107 Å². The Kier molecular flexibility index (Phi) is 7.83. The molecule has 0 unspecified atom stereocenters. The third-order valence-electron chi connectivity index (χ3n) is 6.87. The summed E-state index contributed by atoms with van der Waals surface area (Å²) in [4.78, 5) is 6.22.